The van der Waals surface area contributed by atoms with Crippen molar-refractivity contribution in [1.29, 1.82) is 0 Å². The lowest BCUT2D eigenvalue weighted by atomic mass is 9.76. The molecule has 3 heteroatoms. The van der Waals surface area contributed by atoms with Crippen molar-refractivity contribution < 1.29 is 4.39 Å². The maximum absolute atomic E-state index is 13.4. The van der Waals surface area contributed by atoms with E-state index in [0.717, 1.165) is 12.5 Å². The lowest BCUT2D eigenvalue weighted by Gasteiger charge is -2.34. The van der Waals surface area contributed by atoms with Crippen molar-refractivity contribution in [2.24, 2.45) is 11.8 Å². The molecular weight excluding hydrogens is 305 g/mol. The summed E-state index contributed by atoms with van der Waals surface area (Å²) in [5.41, 5.74) is 1.20. The zero-order valence-electron chi connectivity index (χ0n) is 11.8. The van der Waals surface area contributed by atoms with Crippen LogP contribution in [0.25, 0.3) is 0 Å². The minimum Gasteiger partial charge on any atom is -0.310 e. The Morgan fingerprint density at radius 2 is 2.21 bits per heavy atom. The van der Waals surface area contributed by atoms with Gasteiger partial charge in [-0.25, -0.2) is 4.39 Å². The summed E-state index contributed by atoms with van der Waals surface area (Å²) >= 11 is 3.30. The van der Waals surface area contributed by atoms with Gasteiger partial charge in [0.2, 0.25) is 0 Å². The molecule has 0 heterocycles. The third-order valence-electron chi connectivity index (χ3n) is 4.18. The predicted octanol–water partition coefficient (Wildman–Crippen LogP) is 5.07. The lowest BCUT2D eigenvalue weighted by Crippen LogP contribution is -2.31. The average Bonchev–Trinajstić information content (AvgIpc) is 2.39. The summed E-state index contributed by atoms with van der Waals surface area (Å²) in [6.07, 6.45) is 5.21. The van der Waals surface area contributed by atoms with E-state index in [0.29, 0.717) is 16.4 Å². The molecule has 1 fully saturated rings. The van der Waals surface area contributed by atoms with E-state index < -0.39 is 0 Å². The Kier molecular flexibility index (Phi) is 5.40. The standard InChI is InChI=1S/C16H23BrFN/c1-3-19-16(12-6-4-5-11(2)9-12)13-7-8-15(18)14(17)10-13/h7-8,10-12,16,19H,3-6,9H2,1-2H3. The average molecular weight is 328 g/mol. The number of halogens is 2. The van der Waals surface area contributed by atoms with E-state index >= 15 is 0 Å². The van der Waals surface area contributed by atoms with Gasteiger partial charge in [-0.05, 0) is 64.8 Å². The Labute approximate surface area is 124 Å². The molecule has 0 amide bonds. The van der Waals surface area contributed by atoms with E-state index in [-0.39, 0.29) is 5.82 Å². The van der Waals surface area contributed by atoms with Crippen LogP contribution in [0, 0.1) is 17.7 Å². The quantitative estimate of drug-likeness (QED) is 0.814. The first-order valence-corrected chi connectivity index (χ1v) is 8.09. The van der Waals surface area contributed by atoms with Gasteiger partial charge in [0, 0.05) is 6.04 Å². The van der Waals surface area contributed by atoms with E-state index in [9.17, 15) is 4.39 Å². The molecule has 3 unspecified atom stereocenters. The van der Waals surface area contributed by atoms with Gasteiger partial charge in [0.05, 0.1) is 4.47 Å². The number of nitrogens with one attached hydrogen (secondary N) is 1. The summed E-state index contributed by atoms with van der Waals surface area (Å²) in [4.78, 5) is 0. The monoisotopic (exact) mass is 327 g/mol. The van der Waals surface area contributed by atoms with Gasteiger partial charge in [-0.1, -0.05) is 32.8 Å². The van der Waals surface area contributed by atoms with Gasteiger partial charge in [-0.3, -0.25) is 0 Å². The molecule has 1 nitrogen and oxygen atoms in total. The van der Waals surface area contributed by atoms with E-state index in [1.54, 1.807) is 6.07 Å². The maximum Gasteiger partial charge on any atom is 0.137 e. The molecule has 1 N–H and O–H groups in total. The summed E-state index contributed by atoms with van der Waals surface area (Å²) in [6.45, 7) is 5.43. The van der Waals surface area contributed by atoms with Crippen molar-refractivity contribution >= 4 is 15.9 Å². The smallest absolute Gasteiger partial charge is 0.137 e. The van der Waals surface area contributed by atoms with Crippen LogP contribution < -0.4 is 5.32 Å². The predicted molar refractivity (Wildman–Crippen MR) is 81.6 cm³/mol. The van der Waals surface area contributed by atoms with Crippen LogP contribution in [0.3, 0.4) is 0 Å². The normalized spacial score (nSPS) is 25.3. The van der Waals surface area contributed by atoms with Crippen molar-refractivity contribution in [3.05, 3.63) is 34.1 Å². The fourth-order valence-corrected chi connectivity index (χ4v) is 3.66. The fourth-order valence-electron chi connectivity index (χ4n) is 3.27. The number of benzene rings is 1. The van der Waals surface area contributed by atoms with E-state index in [4.69, 9.17) is 0 Å². The Morgan fingerprint density at radius 1 is 1.42 bits per heavy atom. The summed E-state index contributed by atoms with van der Waals surface area (Å²) in [6, 6.07) is 5.77. The summed E-state index contributed by atoms with van der Waals surface area (Å²) < 4.78 is 14.0. The molecule has 1 aliphatic rings. The van der Waals surface area contributed by atoms with Crippen molar-refractivity contribution in [2.45, 2.75) is 45.6 Å². The molecule has 0 aromatic heterocycles. The first kappa shape index (κ1) is 15.0. The van der Waals surface area contributed by atoms with Crippen LogP contribution in [0.15, 0.2) is 22.7 Å². The van der Waals surface area contributed by atoms with Crippen LogP contribution in [0.5, 0.6) is 0 Å². The largest absolute Gasteiger partial charge is 0.310 e. The summed E-state index contributed by atoms with van der Waals surface area (Å²) in [7, 11) is 0. The molecule has 19 heavy (non-hydrogen) atoms. The van der Waals surface area contributed by atoms with Crippen molar-refractivity contribution in [3.8, 4) is 0 Å². The Bertz CT molecular complexity index is 421. The molecule has 106 valence electrons. The molecule has 0 spiro atoms. The van der Waals surface area contributed by atoms with Crippen molar-refractivity contribution in [2.75, 3.05) is 6.54 Å². The van der Waals surface area contributed by atoms with Crippen LogP contribution in [0.1, 0.15) is 51.1 Å². The Balaban J connectivity index is 2.20. The van der Waals surface area contributed by atoms with Gasteiger partial charge in [0.15, 0.2) is 0 Å². The maximum atomic E-state index is 13.4. The third-order valence-corrected chi connectivity index (χ3v) is 4.78. The summed E-state index contributed by atoms with van der Waals surface area (Å²) in [5.74, 6) is 1.29. The molecule has 1 aliphatic carbocycles. The number of hydrogen-bond donors (Lipinski definition) is 1. The minimum atomic E-state index is -0.184. The number of hydrogen-bond acceptors (Lipinski definition) is 1. The second kappa shape index (κ2) is 6.85. The third kappa shape index (κ3) is 3.79. The van der Waals surface area contributed by atoms with Gasteiger partial charge in [0.25, 0.3) is 0 Å². The molecule has 2 rings (SSSR count). The van der Waals surface area contributed by atoms with Gasteiger partial charge in [-0.2, -0.15) is 0 Å². The Morgan fingerprint density at radius 3 is 2.84 bits per heavy atom. The highest BCUT2D eigenvalue weighted by atomic mass is 79.9. The molecule has 0 saturated heterocycles. The number of rotatable bonds is 4. The molecule has 1 aromatic rings. The molecule has 1 saturated carbocycles. The van der Waals surface area contributed by atoms with Crippen LogP contribution in [0.2, 0.25) is 0 Å². The minimum absolute atomic E-state index is 0.184. The van der Waals surface area contributed by atoms with Gasteiger partial charge < -0.3 is 5.32 Å². The zero-order chi connectivity index (χ0) is 13.8. The molecule has 1 aromatic carbocycles. The molecule has 0 radical (unpaired) electrons. The van der Waals surface area contributed by atoms with Crippen molar-refractivity contribution in [3.63, 3.8) is 0 Å². The van der Waals surface area contributed by atoms with E-state index in [1.165, 1.54) is 31.2 Å². The van der Waals surface area contributed by atoms with Crippen LogP contribution in [-0.4, -0.2) is 6.54 Å². The van der Waals surface area contributed by atoms with Gasteiger partial charge in [0.1, 0.15) is 5.82 Å². The highest BCUT2D eigenvalue weighted by Gasteiger charge is 2.27. The van der Waals surface area contributed by atoms with E-state index in [2.05, 4.69) is 35.1 Å². The highest BCUT2D eigenvalue weighted by molar-refractivity contribution is 9.10. The van der Waals surface area contributed by atoms with Crippen LogP contribution in [0.4, 0.5) is 4.39 Å². The second-order valence-electron chi connectivity index (χ2n) is 5.74. The first-order chi connectivity index (χ1) is 9.11. The van der Waals surface area contributed by atoms with Gasteiger partial charge >= 0.3 is 0 Å². The van der Waals surface area contributed by atoms with Crippen molar-refractivity contribution in [1.82, 2.24) is 5.32 Å². The highest BCUT2D eigenvalue weighted by Crippen LogP contribution is 2.37. The SMILES string of the molecule is CCNC(c1ccc(F)c(Br)c1)C1CCCC(C)C1. The topological polar surface area (TPSA) is 12.0 Å². The summed E-state index contributed by atoms with van der Waals surface area (Å²) in [5, 5.41) is 3.59. The van der Waals surface area contributed by atoms with Crippen LogP contribution >= 0.6 is 15.9 Å². The fraction of sp³-hybridized carbons (Fsp3) is 0.625. The van der Waals surface area contributed by atoms with Crippen LogP contribution in [-0.2, 0) is 0 Å². The first-order valence-electron chi connectivity index (χ1n) is 7.30. The lowest BCUT2D eigenvalue weighted by molar-refractivity contribution is 0.225. The van der Waals surface area contributed by atoms with E-state index in [1.807, 2.05) is 12.1 Å². The molecule has 0 bridgehead atoms. The Hall–Kier alpha value is -0.410. The zero-order valence-corrected chi connectivity index (χ0v) is 13.3. The second-order valence-corrected chi connectivity index (χ2v) is 6.60. The molecule has 0 aliphatic heterocycles. The van der Waals surface area contributed by atoms with Gasteiger partial charge in [-0.15, -0.1) is 0 Å². The molecule has 3 atom stereocenters. The molecular formula is C16H23BrFN.